The van der Waals surface area contributed by atoms with Crippen molar-refractivity contribution < 1.29 is 4.79 Å². The van der Waals surface area contributed by atoms with Crippen molar-refractivity contribution in [3.05, 3.63) is 32.7 Å². The first-order valence-corrected chi connectivity index (χ1v) is 10.3. The van der Waals surface area contributed by atoms with E-state index in [1.54, 1.807) is 0 Å². The van der Waals surface area contributed by atoms with Crippen LogP contribution < -0.4 is 5.32 Å². The molecule has 0 aliphatic carbocycles. The largest absolute Gasteiger partial charge is 0.373 e. The second-order valence-electron chi connectivity index (χ2n) is 7.48. The van der Waals surface area contributed by atoms with Gasteiger partial charge in [-0.25, -0.2) is 15.0 Å². The Hall–Kier alpha value is -2.06. The number of likely N-dealkylation sites (tertiary alicyclic amines) is 1. The highest BCUT2D eigenvalue weighted by molar-refractivity contribution is 7.13. The molecular weight excluding hydrogens is 360 g/mol. The third-order valence-electron chi connectivity index (χ3n) is 5.44. The molecule has 0 bridgehead atoms. The highest BCUT2D eigenvalue weighted by Gasteiger charge is 2.32. The lowest BCUT2D eigenvalue weighted by Crippen LogP contribution is -2.30. The Morgan fingerprint density at radius 2 is 2.04 bits per heavy atom. The maximum Gasteiger partial charge on any atom is 0.265 e. The van der Waals surface area contributed by atoms with Crippen molar-refractivity contribution in [1.29, 1.82) is 0 Å². The van der Waals surface area contributed by atoms with Crippen LogP contribution in [-0.4, -0.2) is 64.4 Å². The average Bonchev–Trinajstić information content (AvgIpc) is 3.27. The van der Waals surface area contributed by atoms with Gasteiger partial charge in [-0.05, 0) is 27.3 Å². The SMILES string of the molecule is CNc1nc([C@H]2CCN(C(=O)c3sc(C)nc3C)C2)nc2c1CN(C)CC2. The fraction of sp³-hybridized carbons (Fsp3) is 0.579. The van der Waals surface area contributed by atoms with Gasteiger partial charge in [-0.1, -0.05) is 0 Å². The molecule has 2 aromatic heterocycles. The number of carbonyl (C=O) groups excluding carboxylic acids is 1. The van der Waals surface area contributed by atoms with E-state index >= 15 is 0 Å². The predicted octanol–water partition coefficient (Wildman–Crippen LogP) is 2.21. The predicted molar refractivity (Wildman–Crippen MR) is 106 cm³/mol. The van der Waals surface area contributed by atoms with E-state index in [1.807, 2.05) is 25.8 Å². The molecular formula is C19H26N6OS. The zero-order valence-corrected chi connectivity index (χ0v) is 17.2. The molecule has 2 aliphatic heterocycles. The van der Waals surface area contributed by atoms with Gasteiger partial charge in [-0.2, -0.15) is 0 Å². The number of amides is 1. The van der Waals surface area contributed by atoms with Crippen molar-refractivity contribution in [2.24, 2.45) is 0 Å². The summed E-state index contributed by atoms with van der Waals surface area (Å²) < 4.78 is 0. The number of fused-ring (bicyclic) bond motifs is 1. The number of aryl methyl sites for hydroxylation is 2. The van der Waals surface area contributed by atoms with E-state index in [-0.39, 0.29) is 11.8 Å². The first kappa shape index (κ1) is 18.3. The van der Waals surface area contributed by atoms with Crippen molar-refractivity contribution in [2.45, 2.75) is 39.2 Å². The van der Waals surface area contributed by atoms with Gasteiger partial charge in [0.05, 0.1) is 16.4 Å². The number of carbonyl (C=O) groups is 1. The van der Waals surface area contributed by atoms with Crippen LogP contribution in [0, 0.1) is 13.8 Å². The van der Waals surface area contributed by atoms with Crippen molar-refractivity contribution in [2.75, 3.05) is 39.0 Å². The first-order chi connectivity index (χ1) is 13.0. The summed E-state index contributed by atoms with van der Waals surface area (Å²) in [5, 5.41) is 4.18. The van der Waals surface area contributed by atoms with E-state index in [1.165, 1.54) is 16.9 Å². The maximum absolute atomic E-state index is 12.9. The summed E-state index contributed by atoms with van der Waals surface area (Å²) in [7, 11) is 4.04. The summed E-state index contributed by atoms with van der Waals surface area (Å²) in [5.41, 5.74) is 3.19. The van der Waals surface area contributed by atoms with E-state index in [9.17, 15) is 4.79 Å². The first-order valence-electron chi connectivity index (χ1n) is 9.45. The Morgan fingerprint density at radius 3 is 2.74 bits per heavy atom. The van der Waals surface area contributed by atoms with Crippen molar-refractivity contribution in [1.82, 2.24) is 24.8 Å². The molecule has 4 heterocycles. The Morgan fingerprint density at radius 1 is 1.22 bits per heavy atom. The highest BCUT2D eigenvalue weighted by Crippen LogP contribution is 2.31. The molecule has 27 heavy (non-hydrogen) atoms. The van der Waals surface area contributed by atoms with Gasteiger partial charge in [0.25, 0.3) is 5.91 Å². The number of hydrogen-bond donors (Lipinski definition) is 1. The number of anilines is 1. The molecule has 0 saturated carbocycles. The molecule has 1 N–H and O–H groups in total. The monoisotopic (exact) mass is 386 g/mol. The third-order valence-corrected chi connectivity index (χ3v) is 6.50. The van der Waals surface area contributed by atoms with Crippen LogP contribution in [0.4, 0.5) is 5.82 Å². The minimum Gasteiger partial charge on any atom is -0.373 e. The molecule has 8 heteroatoms. The highest BCUT2D eigenvalue weighted by atomic mass is 32.1. The van der Waals surface area contributed by atoms with Crippen molar-refractivity contribution in [3.63, 3.8) is 0 Å². The zero-order valence-electron chi connectivity index (χ0n) is 16.4. The van der Waals surface area contributed by atoms with Crippen LogP contribution in [0.2, 0.25) is 0 Å². The second-order valence-corrected chi connectivity index (χ2v) is 8.68. The van der Waals surface area contributed by atoms with Crippen LogP contribution in [0.1, 0.15) is 49.8 Å². The van der Waals surface area contributed by atoms with Gasteiger partial charge in [0, 0.05) is 51.1 Å². The number of thiazole rings is 1. The van der Waals surface area contributed by atoms with Crippen LogP contribution in [0.5, 0.6) is 0 Å². The van der Waals surface area contributed by atoms with Crippen LogP contribution >= 0.6 is 11.3 Å². The molecule has 2 aliphatic rings. The number of rotatable bonds is 3. The van der Waals surface area contributed by atoms with Gasteiger partial charge < -0.3 is 15.1 Å². The quantitative estimate of drug-likeness (QED) is 0.872. The van der Waals surface area contributed by atoms with Gasteiger partial charge in [0.15, 0.2) is 0 Å². The Balaban J connectivity index is 1.55. The molecule has 1 amide bonds. The minimum absolute atomic E-state index is 0.0917. The molecule has 7 nitrogen and oxygen atoms in total. The molecule has 0 aromatic carbocycles. The molecule has 1 atom stereocenters. The Kier molecular flexibility index (Phi) is 4.86. The smallest absolute Gasteiger partial charge is 0.265 e. The number of hydrogen-bond acceptors (Lipinski definition) is 7. The number of nitrogens with one attached hydrogen (secondary N) is 1. The topological polar surface area (TPSA) is 74.2 Å². The van der Waals surface area contributed by atoms with Gasteiger partial charge in [0.1, 0.15) is 16.5 Å². The Labute approximate surface area is 163 Å². The summed E-state index contributed by atoms with van der Waals surface area (Å²) in [4.78, 5) is 32.0. The number of nitrogens with zero attached hydrogens (tertiary/aromatic N) is 5. The molecule has 1 fully saturated rings. The molecule has 0 radical (unpaired) electrons. The fourth-order valence-electron chi connectivity index (χ4n) is 3.99. The fourth-order valence-corrected chi connectivity index (χ4v) is 4.87. The molecule has 0 unspecified atom stereocenters. The van der Waals surface area contributed by atoms with E-state index in [0.29, 0.717) is 6.54 Å². The normalized spacial score (nSPS) is 20.0. The van der Waals surface area contributed by atoms with Crippen LogP contribution in [-0.2, 0) is 13.0 Å². The second kappa shape index (κ2) is 7.16. The molecule has 0 spiro atoms. The summed E-state index contributed by atoms with van der Waals surface area (Å²) in [6.45, 7) is 7.18. The average molecular weight is 387 g/mol. The van der Waals surface area contributed by atoms with Gasteiger partial charge in [-0.15, -0.1) is 11.3 Å². The van der Waals surface area contributed by atoms with Crippen LogP contribution in [0.3, 0.4) is 0 Å². The number of likely N-dealkylation sites (N-methyl/N-ethyl adjacent to an activating group) is 1. The van der Waals surface area contributed by atoms with Crippen molar-refractivity contribution >= 4 is 23.1 Å². The van der Waals surface area contributed by atoms with Gasteiger partial charge >= 0.3 is 0 Å². The van der Waals surface area contributed by atoms with Crippen LogP contribution in [0.25, 0.3) is 0 Å². The van der Waals surface area contributed by atoms with Gasteiger partial charge in [0.2, 0.25) is 0 Å². The summed E-state index contributed by atoms with van der Waals surface area (Å²) in [6, 6.07) is 0. The number of aromatic nitrogens is 3. The van der Waals surface area contributed by atoms with Crippen molar-refractivity contribution in [3.8, 4) is 0 Å². The van der Waals surface area contributed by atoms with E-state index in [0.717, 1.165) is 65.4 Å². The van der Waals surface area contributed by atoms with E-state index in [2.05, 4.69) is 22.2 Å². The summed E-state index contributed by atoms with van der Waals surface area (Å²) >= 11 is 1.48. The standard InChI is InChI=1S/C19H26N6OS/c1-11-16(27-12(2)21-11)19(26)25-8-5-13(9-25)17-22-15-6-7-24(4)10-14(15)18(20-3)23-17/h13H,5-10H2,1-4H3,(H,20,22,23)/t13-/m0/s1. The zero-order chi connectivity index (χ0) is 19.1. The van der Waals surface area contributed by atoms with E-state index < -0.39 is 0 Å². The summed E-state index contributed by atoms with van der Waals surface area (Å²) in [5.74, 6) is 2.09. The molecule has 1 saturated heterocycles. The van der Waals surface area contributed by atoms with Gasteiger partial charge in [-0.3, -0.25) is 4.79 Å². The van der Waals surface area contributed by atoms with E-state index in [4.69, 9.17) is 9.97 Å². The molecule has 144 valence electrons. The third kappa shape index (κ3) is 3.43. The summed E-state index contributed by atoms with van der Waals surface area (Å²) in [6.07, 6.45) is 1.86. The maximum atomic E-state index is 12.9. The minimum atomic E-state index is 0.0917. The van der Waals surface area contributed by atoms with Crippen LogP contribution in [0.15, 0.2) is 0 Å². The Bertz CT molecular complexity index is 862. The molecule has 2 aromatic rings. The molecule has 4 rings (SSSR count). The lowest BCUT2D eigenvalue weighted by atomic mass is 10.0. The lowest BCUT2D eigenvalue weighted by Gasteiger charge is -2.26. The lowest BCUT2D eigenvalue weighted by molar-refractivity contribution is 0.0794.